The van der Waals surface area contributed by atoms with Crippen LogP contribution in [-0.2, 0) is 6.54 Å². The lowest BCUT2D eigenvalue weighted by Gasteiger charge is -2.33. The normalized spacial score (nSPS) is 14.3. The molecule has 0 radical (unpaired) electrons. The van der Waals surface area contributed by atoms with E-state index in [-0.39, 0.29) is 6.10 Å². The van der Waals surface area contributed by atoms with Gasteiger partial charge in [-0.15, -0.1) is 11.8 Å². The van der Waals surface area contributed by atoms with Crippen LogP contribution in [0.15, 0.2) is 77.8 Å². The number of likely N-dealkylation sites (tertiary alicyclic amines) is 1. The van der Waals surface area contributed by atoms with Crippen LogP contribution in [0.1, 0.15) is 63.1 Å². The highest BCUT2D eigenvalue weighted by Crippen LogP contribution is 2.39. The maximum absolute atomic E-state index is 6.54. The molecule has 6 nitrogen and oxygen atoms in total. The molecule has 4 aromatic rings. The van der Waals surface area contributed by atoms with Crippen LogP contribution in [0, 0.1) is 6.92 Å². The van der Waals surface area contributed by atoms with Gasteiger partial charge in [-0.2, -0.15) is 4.98 Å². The minimum absolute atomic E-state index is 0.0298. The number of aryl methyl sites for hydroxylation is 1. The molecule has 0 unspecified atom stereocenters. The van der Waals surface area contributed by atoms with Gasteiger partial charge in [-0.3, -0.25) is 4.90 Å². The Morgan fingerprint density at radius 2 is 1.67 bits per heavy atom. The molecule has 43 heavy (non-hydrogen) atoms. The van der Waals surface area contributed by atoms with Gasteiger partial charge in [-0.1, -0.05) is 67.9 Å². The molecule has 1 aliphatic heterocycles. The molecule has 226 valence electrons. The number of hydrogen-bond acceptors (Lipinski definition) is 7. The van der Waals surface area contributed by atoms with Crippen LogP contribution in [0.5, 0.6) is 5.75 Å². The number of nitrogens with zero attached hydrogens (tertiary/aromatic N) is 3. The van der Waals surface area contributed by atoms with Gasteiger partial charge in [0.2, 0.25) is 5.95 Å². The lowest BCUT2D eigenvalue weighted by molar-refractivity contribution is 0.204. The van der Waals surface area contributed by atoms with Crippen molar-refractivity contribution in [1.29, 1.82) is 0 Å². The van der Waals surface area contributed by atoms with Crippen LogP contribution >= 0.6 is 23.4 Å². The van der Waals surface area contributed by atoms with Crippen LogP contribution in [-0.4, -0.2) is 39.3 Å². The fourth-order valence-corrected chi connectivity index (χ4v) is 6.58. The molecule has 8 heteroatoms. The monoisotopic (exact) mass is 615 g/mol. The first-order valence-electron chi connectivity index (χ1n) is 15.1. The van der Waals surface area contributed by atoms with E-state index >= 15 is 0 Å². The van der Waals surface area contributed by atoms with Gasteiger partial charge in [0, 0.05) is 16.7 Å². The lowest BCUT2D eigenvalue weighted by Crippen LogP contribution is -2.32. The van der Waals surface area contributed by atoms with Crippen molar-refractivity contribution in [3.05, 3.63) is 94.6 Å². The summed E-state index contributed by atoms with van der Waals surface area (Å²) in [4.78, 5) is 12.9. The number of piperidine rings is 1. The Balaban J connectivity index is 1.34. The number of ether oxygens (including phenoxy) is 1. The summed E-state index contributed by atoms with van der Waals surface area (Å²) in [7, 11) is 0. The molecule has 1 saturated heterocycles. The maximum Gasteiger partial charge on any atom is 0.229 e. The third kappa shape index (κ3) is 8.43. The van der Waals surface area contributed by atoms with Gasteiger partial charge in [-0.25, -0.2) is 4.98 Å². The highest BCUT2D eigenvalue weighted by Gasteiger charge is 2.24. The van der Waals surface area contributed by atoms with Crippen LogP contribution in [0.2, 0.25) is 5.02 Å². The molecule has 1 fully saturated rings. The van der Waals surface area contributed by atoms with Gasteiger partial charge >= 0.3 is 0 Å². The molecule has 0 atom stereocenters. The number of benzene rings is 3. The summed E-state index contributed by atoms with van der Waals surface area (Å²) < 4.78 is 6.33. The second-order valence-electron chi connectivity index (χ2n) is 11.7. The van der Waals surface area contributed by atoms with Gasteiger partial charge in [-0.05, 0) is 93.6 Å². The molecule has 0 aliphatic carbocycles. The summed E-state index contributed by atoms with van der Waals surface area (Å²) in [6.07, 6.45) is 3.92. The quantitative estimate of drug-likeness (QED) is 0.163. The molecule has 1 aromatic heterocycles. The predicted molar refractivity (Wildman–Crippen MR) is 182 cm³/mol. The van der Waals surface area contributed by atoms with E-state index in [1.54, 1.807) is 18.0 Å². The number of nitrogens with one attached hydrogen (secondary N) is 2. The van der Waals surface area contributed by atoms with Crippen molar-refractivity contribution in [2.75, 3.05) is 23.7 Å². The summed E-state index contributed by atoms with van der Waals surface area (Å²) in [5.41, 5.74) is 5.79. The van der Waals surface area contributed by atoms with Crippen molar-refractivity contribution in [2.24, 2.45) is 0 Å². The summed E-state index contributed by atoms with van der Waals surface area (Å²) in [5, 5.41) is 7.76. The van der Waals surface area contributed by atoms with E-state index in [9.17, 15) is 0 Å². The standard InChI is InChI=1S/C35H42ClN5OS/c1-23(2)42-32-20-28(27-15-17-41(18-16-27)22-26-11-7-6-8-12-26)25(5)19-31(32)39-35-37-21-29(36)34(40-35)38-30-13-9-10-14-33(30)43-24(3)4/h6-14,19-21,23-24,27H,15-18,22H2,1-5H3,(H2,37,38,39,40). The summed E-state index contributed by atoms with van der Waals surface area (Å²) in [6, 6.07) is 23.3. The molecular weight excluding hydrogens is 574 g/mol. The van der Waals surface area contributed by atoms with Gasteiger partial charge in [0.1, 0.15) is 10.8 Å². The fraction of sp³-hybridized carbons (Fsp3) is 0.371. The van der Waals surface area contributed by atoms with Crippen LogP contribution in [0.3, 0.4) is 0 Å². The van der Waals surface area contributed by atoms with Crippen molar-refractivity contribution in [3.63, 3.8) is 0 Å². The van der Waals surface area contributed by atoms with Crippen molar-refractivity contribution in [1.82, 2.24) is 14.9 Å². The van der Waals surface area contributed by atoms with Crippen molar-refractivity contribution in [3.8, 4) is 5.75 Å². The molecule has 0 amide bonds. The van der Waals surface area contributed by atoms with Crippen molar-refractivity contribution in [2.45, 2.75) is 76.2 Å². The molecule has 0 spiro atoms. The molecule has 0 bridgehead atoms. The topological polar surface area (TPSA) is 62.3 Å². The first-order chi connectivity index (χ1) is 20.7. The number of anilines is 4. The Kier molecular flexibility index (Phi) is 10.5. The smallest absolute Gasteiger partial charge is 0.229 e. The number of halogens is 1. The largest absolute Gasteiger partial charge is 0.489 e. The Morgan fingerprint density at radius 3 is 2.40 bits per heavy atom. The average Bonchev–Trinajstić information content (AvgIpc) is 2.98. The Bertz CT molecular complexity index is 1510. The molecule has 0 saturated carbocycles. The van der Waals surface area contributed by atoms with Crippen molar-refractivity contribution < 1.29 is 4.74 Å². The summed E-state index contributed by atoms with van der Waals surface area (Å²) >= 11 is 8.34. The first kappa shape index (κ1) is 31.2. The highest BCUT2D eigenvalue weighted by atomic mass is 35.5. The number of para-hydroxylation sites is 1. The number of rotatable bonds is 11. The van der Waals surface area contributed by atoms with E-state index in [1.807, 2.05) is 18.2 Å². The molecule has 2 N–H and O–H groups in total. The number of aromatic nitrogens is 2. The van der Waals surface area contributed by atoms with Crippen molar-refractivity contribution >= 4 is 46.5 Å². The van der Waals surface area contributed by atoms with E-state index in [4.69, 9.17) is 21.3 Å². The Hall–Kier alpha value is -3.26. The molecular formula is C35H42ClN5OS. The van der Waals surface area contributed by atoms with Gasteiger partial charge in [0.05, 0.1) is 23.7 Å². The van der Waals surface area contributed by atoms with Gasteiger partial charge < -0.3 is 15.4 Å². The van der Waals surface area contributed by atoms with Gasteiger partial charge in [0.25, 0.3) is 0 Å². The summed E-state index contributed by atoms with van der Waals surface area (Å²) in [5.74, 6) is 2.32. The van der Waals surface area contributed by atoms with E-state index < -0.39 is 0 Å². The van der Waals surface area contributed by atoms with E-state index in [0.29, 0.717) is 28.0 Å². The summed E-state index contributed by atoms with van der Waals surface area (Å²) in [6.45, 7) is 13.9. The highest BCUT2D eigenvalue weighted by molar-refractivity contribution is 8.00. The maximum atomic E-state index is 6.54. The first-order valence-corrected chi connectivity index (χ1v) is 16.4. The molecule has 2 heterocycles. The zero-order valence-corrected chi connectivity index (χ0v) is 27.3. The minimum atomic E-state index is 0.0298. The molecule has 5 rings (SSSR count). The third-order valence-corrected chi connectivity index (χ3v) is 8.86. The fourth-order valence-electron chi connectivity index (χ4n) is 5.53. The molecule has 1 aliphatic rings. The van der Waals surface area contributed by atoms with E-state index in [2.05, 4.69) is 104 Å². The number of hydrogen-bond donors (Lipinski definition) is 2. The third-order valence-electron chi connectivity index (χ3n) is 7.50. The van der Waals surface area contributed by atoms with Gasteiger partial charge in [0.15, 0.2) is 5.82 Å². The average molecular weight is 616 g/mol. The molecule has 3 aromatic carbocycles. The van der Waals surface area contributed by atoms with E-state index in [1.165, 1.54) is 16.7 Å². The van der Waals surface area contributed by atoms with Crippen LogP contribution < -0.4 is 15.4 Å². The predicted octanol–water partition coefficient (Wildman–Crippen LogP) is 9.59. The van der Waals surface area contributed by atoms with Crippen LogP contribution in [0.4, 0.5) is 23.1 Å². The van der Waals surface area contributed by atoms with Crippen LogP contribution in [0.25, 0.3) is 0 Å². The SMILES string of the molecule is Cc1cc(Nc2ncc(Cl)c(Nc3ccccc3SC(C)C)n2)c(OC(C)C)cc1C1CCN(Cc2ccccc2)CC1. The Morgan fingerprint density at radius 1 is 0.953 bits per heavy atom. The lowest BCUT2D eigenvalue weighted by atomic mass is 9.86. The second-order valence-corrected chi connectivity index (χ2v) is 13.7. The number of thioether (sulfide) groups is 1. The zero-order valence-electron chi connectivity index (χ0n) is 25.7. The Labute approximate surface area is 265 Å². The second kappa shape index (κ2) is 14.5. The zero-order chi connectivity index (χ0) is 30.3. The van der Waals surface area contributed by atoms with E-state index in [0.717, 1.165) is 54.5 Å². The minimum Gasteiger partial charge on any atom is -0.489 e.